The minimum absolute atomic E-state index is 0.0741. The van der Waals surface area contributed by atoms with E-state index in [1.54, 1.807) is 13.0 Å². The summed E-state index contributed by atoms with van der Waals surface area (Å²) in [5.74, 6) is -0.0123. The van der Waals surface area contributed by atoms with E-state index in [0.717, 1.165) is 6.08 Å². The van der Waals surface area contributed by atoms with Crippen LogP contribution in [0.4, 0.5) is 0 Å². The van der Waals surface area contributed by atoms with E-state index in [4.69, 9.17) is 9.47 Å². The SMILES string of the molecule is C=CC(=O)Oc1cc(O)c(OC)cc1C. The molecule has 0 aliphatic carbocycles. The number of hydrogen-bond acceptors (Lipinski definition) is 4. The maximum atomic E-state index is 10.9. The Morgan fingerprint density at radius 1 is 1.47 bits per heavy atom. The molecule has 1 aromatic rings. The molecule has 1 aromatic carbocycles. The van der Waals surface area contributed by atoms with Crippen molar-refractivity contribution in [2.45, 2.75) is 6.92 Å². The molecule has 1 N–H and O–H groups in total. The predicted octanol–water partition coefficient (Wildman–Crippen LogP) is 1.80. The number of phenolic OH excluding ortho intramolecular Hbond substituents is 1. The first kappa shape index (κ1) is 11.1. The Kier molecular flexibility index (Phi) is 3.33. The van der Waals surface area contributed by atoms with Crippen LogP contribution in [0.2, 0.25) is 0 Å². The Labute approximate surface area is 87.7 Å². The zero-order valence-corrected chi connectivity index (χ0v) is 8.61. The van der Waals surface area contributed by atoms with Gasteiger partial charge in [0.1, 0.15) is 5.75 Å². The Morgan fingerprint density at radius 3 is 2.67 bits per heavy atom. The number of carbonyl (C=O) groups excluding carboxylic acids is 1. The van der Waals surface area contributed by atoms with Gasteiger partial charge in [0.2, 0.25) is 0 Å². The molecule has 1 rings (SSSR count). The van der Waals surface area contributed by atoms with E-state index in [1.807, 2.05) is 0 Å². The van der Waals surface area contributed by atoms with Gasteiger partial charge in [-0.05, 0) is 18.6 Å². The molecule has 0 heterocycles. The maximum absolute atomic E-state index is 10.9. The first-order chi connectivity index (χ1) is 7.08. The third-order valence-electron chi connectivity index (χ3n) is 1.85. The Morgan fingerprint density at radius 2 is 2.13 bits per heavy atom. The van der Waals surface area contributed by atoms with Crippen molar-refractivity contribution >= 4 is 5.97 Å². The Hall–Kier alpha value is -1.97. The van der Waals surface area contributed by atoms with Gasteiger partial charge in [0.05, 0.1) is 7.11 Å². The minimum Gasteiger partial charge on any atom is -0.504 e. The number of carbonyl (C=O) groups is 1. The molecule has 0 aromatic heterocycles. The number of rotatable bonds is 3. The average molecular weight is 208 g/mol. The van der Waals surface area contributed by atoms with Gasteiger partial charge in [-0.15, -0.1) is 0 Å². The number of aromatic hydroxyl groups is 1. The van der Waals surface area contributed by atoms with Crippen LogP contribution >= 0.6 is 0 Å². The quantitative estimate of drug-likeness (QED) is 0.467. The third-order valence-corrected chi connectivity index (χ3v) is 1.85. The van der Waals surface area contributed by atoms with Crippen molar-refractivity contribution in [3.05, 3.63) is 30.4 Å². The molecule has 4 nitrogen and oxygen atoms in total. The smallest absolute Gasteiger partial charge is 0.335 e. The normalized spacial score (nSPS) is 9.47. The van der Waals surface area contributed by atoms with Crippen molar-refractivity contribution < 1.29 is 19.4 Å². The summed E-state index contributed by atoms with van der Waals surface area (Å²) < 4.78 is 9.80. The van der Waals surface area contributed by atoms with Crippen molar-refractivity contribution in [3.63, 3.8) is 0 Å². The molecular weight excluding hydrogens is 196 g/mol. The van der Waals surface area contributed by atoms with Crippen molar-refractivity contribution in [1.82, 2.24) is 0 Å². The molecule has 0 saturated heterocycles. The molecule has 0 spiro atoms. The highest BCUT2D eigenvalue weighted by molar-refractivity contribution is 5.83. The summed E-state index contributed by atoms with van der Waals surface area (Å²) in [6.45, 7) is 5.02. The number of hydrogen-bond donors (Lipinski definition) is 1. The van der Waals surface area contributed by atoms with Gasteiger partial charge >= 0.3 is 5.97 Å². The lowest BCUT2D eigenvalue weighted by Gasteiger charge is -2.09. The molecule has 15 heavy (non-hydrogen) atoms. The van der Waals surface area contributed by atoms with Gasteiger partial charge in [0.15, 0.2) is 11.5 Å². The molecule has 0 bridgehead atoms. The second-order valence-corrected chi connectivity index (χ2v) is 2.91. The molecule has 0 amide bonds. The number of esters is 1. The van der Waals surface area contributed by atoms with E-state index in [2.05, 4.69) is 6.58 Å². The zero-order valence-electron chi connectivity index (χ0n) is 8.61. The van der Waals surface area contributed by atoms with Gasteiger partial charge in [0, 0.05) is 12.1 Å². The third kappa shape index (κ3) is 2.49. The topological polar surface area (TPSA) is 55.8 Å². The van der Waals surface area contributed by atoms with Gasteiger partial charge < -0.3 is 14.6 Å². The number of methoxy groups -OCH3 is 1. The lowest BCUT2D eigenvalue weighted by molar-refractivity contribution is -0.129. The monoisotopic (exact) mass is 208 g/mol. The lowest BCUT2D eigenvalue weighted by Crippen LogP contribution is -2.04. The minimum atomic E-state index is -0.567. The van der Waals surface area contributed by atoms with E-state index in [-0.39, 0.29) is 5.75 Å². The van der Waals surface area contributed by atoms with Gasteiger partial charge in [0.25, 0.3) is 0 Å². The molecular formula is C11H12O4. The first-order valence-corrected chi connectivity index (χ1v) is 4.30. The highest BCUT2D eigenvalue weighted by Gasteiger charge is 2.09. The Bertz CT molecular complexity index is 396. The summed E-state index contributed by atoms with van der Waals surface area (Å²) in [5.41, 5.74) is 0.694. The summed E-state index contributed by atoms with van der Waals surface area (Å²) in [6.07, 6.45) is 1.06. The van der Waals surface area contributed by atoms with Gasteiger partial charge in [-0.2, -0.15) is 0 Å². The second-order valence-electron chi connectivity index (χ2n) is 2.91. The van der Waals surface area contributed by atoms with Crippen molar-refractivity contribution in [3.8, 4) is 17.2 Å². The molecule has 0 atom stereocenters. The van der Waals surface area contributed by atoms with Crippen LogP contribution in [0, 0.1) is 6.92 Å². The number of phenols is 1. The summed E-state index contributed by atoms with van der Waals surface area (Å²) >= 11 is 0. The highest BCUT2D eigenvalue weighted by Crippen LogP contribution is 2.33. The first-order valence-electron chi connectivity index (χ1n) is 4.30. The standard InChI is InChI=1S/C11H12O4/c1-4-11(13)15-9-6-8(12)10(14-3)5-7(9)2/h4-6,12H,1H2,2-3H3. The maximum Gasteiger partial charge on any atom is 0.335 e. The average Bonchev–Trinajstić information content (AvgIpc) is 2.22. The second kappa shape index (κ2) is 4.50. The van der Waals surface area contributed by atoms with Gasteiger partial charge in [-0.25, -0.2) is 4.79 Å². The van der Waals surface area contributed by atoms with E-state index in [1.165, 1.54) is 13.2 Å². The van der Waals surface area contributed by atoms with Gasteiger partial charge in [-0.3, -0.25) is 0 Å². The molecule has 4 heteroatoms. The van der Waals surface area contributed by atoms with Crippen molar-refractivity contribution in [1.29, 1.82) is 0 Å². The summed E-state index contributed by atoms with van der Waals surface area (Å²) in [7, 11) is 1.45. The van der Waals surface area contributed by atoms with Crippen molar-refractivity contribution in [2.75, 3.05) is 7.11 Å². The van der Waals surface area contributed by atoms with Crippen LogP contribution in [-0.2, 0) is 4.79 Å². The zero-order chi connectivity index (χ0) is 11.4. The molecule has 0 fully saturated rings. The lowest BCUT2D eigenvalue weighted by atomic mass is 10.2. The molecule has 0 unspecified atom stereocenters. The van der Waals surface area contributed by atoms with Crippen molar-refractivity contribution in [2.24, 2.45) is 0 Å². The fourth-order valence-corrected chi connectivity index (χ4v) is 1.07. The largest absolute Gasteiger partial charge is 0.504 e. The van der Waals surface area contributed by atoms with E-state index < -0.39 is 5.97 Å². The summed E-state index contributed by atoms with van der Waals surface area (Å²) in [5, 5.41) is 9.46. The van der Waals surface area contributed by atoms with Crippen LogP contribution in [0.5, 0.6) is 17.2 Å². The highest BCUT2D eigenvalue weighted by atomic mass is 16.5. The van der Waals surface area contributed by atoms with Crippen LogP contribution in [0.15, 0.2) is 24.8 Å². The van der Waals surface area contributed by atoms with Crippen LogP contribution < -0.4 is 9.47 Å². The molecule has 0 aliphatic rings. The summed E-state index contributed by atoms with van der Waals surface area (Å²) in [4.78, 5) is 10.9. The van der Waals surface area contributed by atoms with E-state index in [0.29, 0.717) is 17.1 Å². The number of benzene rings is 1. The number of aryl methyl sites for hydroxylation is 1. The molecule has 80 valence electrons. The van der Waals surface area contributed by atoms with Crippen LogP contribution in [-0.4, -0.2) is 18.2 Å². The van der Waals surface area contributed by atoms with Gasteiger partial charge in [-0.1, -0.05) is 6.58 Å². The fraction of sp³-hybridized carbons (Fsp3) is 0.182. The predicted molar refractivity (Wildman–Crippen MR) is 55.2 cm³/mol. The summed E-state index contributed by atoms with van der Waals surface area (Å²) in [6, 6.07) is 2.91. The van der Waals surface area contributed by atoms with E-state index in [9.17, 15) is 9.90 Å². The number of ether oxygens (including phenoxy) is 2. The van der Waals surface area contributed by atoms with E-state index >= 15 is 0 Å². The molecule has 0 saturated carbocycles. The van der Waals surface area contributed by atoms with Crippen LogP contribution in [0.25, 0.3) is 0 Å². The van der Waals surface area contributed by atoms with Crippen LogP contribution in [0.1, 0.15) is 5.56 Å². The fourth-order valence-electron chi connectivity index (χ4n) is 1.07. The molecule has 0 aliphatic heterocycles. The van der Waals surface area contributed by atoms with Crippen LogP contribution in [0.3, 0.4) is 0 Å². The Balaban J connectivity index is 3.05. The molecule has 0 radical (unpaired) electrons.